The molecule has 0 aliphatic carbocycles. The van der Waals surface area contributed by atoms with Gasteiger partial charge in [0.1, 0.15) is 0 Å². The maximum Gasteiger partial charge on any atom is 0.252 e. The van der Waals surface area contributed by atoms with Gasteiger partial charge in [-0.1, -0.05) is 360 Å². The molecule has 0 saturated heterocycles. The third-order valence-corrected chi connectivity index (χ3v) is 23.4. The molecule has 538 valence electrons. The third kappa shape index (κ3) is 12.2. The van der Waals surface area contributed by atoms with Gasteiger partial charge in [-0.3, -0.25) is 0 Å². The highest BCUT2D eigenvalue weighted by Crippen LogP contribution is 2.55. The maximum atomic E-state index is 2.72. The Balaban J connectivity index is 0.961. The number of anilines is 6. The van der Waals surface area contributed by atoms with Crippen molar-refractivity contribution < 1.29 is 0 Å². The molecule has 0 amide bonds. The minimum absolute atomic E-state index is 0.0670. The largest absolute Gasteiger partial charge is 0.310 e. The van der Waals surface area contributed by atoms with Gasteiger partial charge >= 0.3 is 0 Å². The van der Waals surface area contributed by atoms with E-state index in [2.05, 4.69) is 447 Å². The van der Waals surface area contributed by atoms with Crippen molar-refractivity contribution >= 4 is 79.0 Å². The molecule has 2 aliphatic heterocycles. The van der Waals surface area contributed by atoms with Crippen molar-refractivity contribution in [1.29, 1.82) is 0 Å². The standard InChI is InChI=1S/C108H88BN3/c1-106(2,3)81-55-60-97-93(66-81)94-67-82(107(4,5)6)56-61-98(94)110(97)84-57-58-95-100(70-84)112(105-91(75-42-24-14-25-43-75)52-33-53-92(105)76-44-26-15-27-45-76)102-69-83(108(7,8)9)68-101-103(102)109(95)96-65-77(54-59-99(96)111(101)104-89(73-38-20-12-21-39-73)50-32-51-90(104)74-40-22-13-23-41-74)78-62-79(87-48-30-28-46-85(87)71-34-16-10-17-35-71)64-80(63-78)88-49-31-29-47-86(88)72-36-18-11-19-37-72/h10-70H,1-9H3. The number of aromatic nitrogens is 1. The molecular formula is C108H88BN3. The summed E-state index contributed by atoms with van der Waals surface area (Å²) < 4.78 is 2.56. The van der Waals surface area contributed by atoms with Gasteiger partial charge in [0.15, 0.2) is 0 Å². The van der Waals surface area contributed by atoms with Crippen LogP contribution in [-0.4, -0.2) is 11.3 Å². The highest BCUT2D eigenvalue weighted by molar-refractivity contribution is 7.00. The van der Waals surface area contributed by atoms with Gasteiger partial charge in [0.2, 0.25) is 0 Å². The number of hydrogen-bond acceptors (Lipinski definition) is 2. The van der Waals surface area contributed by atoms with Gasteiger partial charge in [-0.2, -0.15) is 0 Å². The van der Waals surface area contributed by atoms with Gasteiger partial charge in [-0.05, 0) is 200 Å². The number of hydrogen-bond donors (Lipinski definition) is 0. The second kappa shape index (κ2) is 27.5. The van der Waals surface area contributed by atoms with E-state index in [1.165, 1.54) is 88.3 Å². The van der Waals surface area contributed by atoms with Crippen molar-refractivity contribution in [2.45, 2.75) is 78.6 Å². The summed E-state index contributed by atoms with van der Waals surface area (Å²) in [6.07, 6.45) is 0. The number of rotatable bonds is 12. The Morgan fingerprint density at radius 2 is 0.554 bits per heavy atom. The molecule has 3 nitrogen and oxygen atoms in total. The SMILES string of the molecule is CC(C)(C)c1cc2c3c(c1)N(c1c(-c4ccccc4)cccc1-c1ccccc1)c1cc(-n4c5ccc(C(C)(C)C)cc5c5cc(C(C)(C)C)ccc54)ccc1B3c1cc(-c3cc(-c4ccccc4-c4ccccc4)cc(-c4ccccc4-c4ccccc4)c3)ccc1N2c1c(-c2ccccc2)cccc1-c1ccccc1. The molecule has 112 heavy (non-hydrogen) atoms. The zero-order valence-corrected chi connectivity index (χ0v) is 65.1. The van der Waals surface area contributed by atoms with Gasteiger partial charge in [-0.15, -0.1) is 0 Å². The topological polar surface area (TPSA) is 11.4 Å². The normalized spacial score (nSPS) is 12.6. The summed E-state index contributed by atoms with van der Waals surface area (Å²) in [4.78, 5) is 5.41. The Morgan fingerprint density at radius 1 is 0.214 bits per heavy atom. The van der Waals surface area contributed by atoms with E-state index in [1.54, 1.807) is 0 Å². The van der Waals surface area contributed by atoms with Gasteiger partial charge < -0.3 is 14.4 Å². The fourth-order valence-corrected chi connectivity index (χ4v) is 17.7. The average Bonchev–Trinajstić information content (AvgIpc) is 0.747. The molecule has 16 aromatic carbocycles. The summed E-state index contributed by atoms with van der Waals surface area (Å²) in [6, 6.07) is 140. The lowest BCUT2D eigenvalue weighted by atomic mass is 9.33. The lowest BCUT2D eigenvalue weighted by molar-refractivity contribution is 0.590. The smallest absolute Gasteiger partial charge is 0.252 e. The minimum atomic E-state index is -0.325. The second-order valence-electron chi connectivity index (χ2n) is 33.6. The van der Waals surface area contributed by atoms with Crippen LogP contribution in [0.4, 0.5) is 34.1 Å². The summed E-state index contributed by atoms with van der Waals surface area (Å²) in [7, 11) is 0. The molecule has 0 N–H and O–H groups in total. The highest BCUT2D eigenvalue weighted by Gasteiger charge is 2.46. The average molecular weight is 1440 g/mol. The van der Waals surface area contributed by atoms with E-state index in [0.29, 0.717) is 0 Å². The predicted molar refractivity (Wildman–Crippen MR) is 480 cm³/mol. The third-order valence-electron chi connectivity index (χ3n) is 23.4. The van der Waals surface area contributed by atoms with E-state index in [4.69, 9.17) is 0 Å². The fraction of sp³-hybridized carbons (Fsp3) is 0.111. The van der Waals surface area contributed by atoms with Gasteiger partial charge in [0, 0.05) is 61.5 Å². The second-order valence-corrected chi connectivity index (χ2v) is 33.6. The van der Waals surface area contributed by atoms with Gasteiger partial charge in [0.25, 0.3) is 6.71 Å². The lowest BCUT2D eigenvalue weighted by Gasteiger charge is -2.46. The Hall–Kier alpha value is -13.0. The van der Waals surface area contributed by atoms with Crippen LogP contribution >= 0.6 is 0 Å². The van der Waals surface area contributed by atoms with Gasteiger partial charge in [-0.25, -0.2) is 0 Å². The van der Waals surface area contributed by atoms with Crippen LogP contribution < -0.4 is 26.2 Å². The molecule has 19 rings (SSSR count). The van der Waals surface area contributed by atoms with Crippen LogP contribution in [0.25, 0.3) is 128 Å². The Labute approximate surface area is 660 Å². The molecule has 0 radical (unpaired) electrons. The molecular weight excluding hydrogens is 1350 g/mol. The summed E-state index contributed by atoms with van der Waals surface area (Å²) in [5.74, 6) is 0. The highest BCUT2D eigenvalue weighted by atomic mass is 15.2. The van der Waals surface area contributed by atoms with Crippen molar-refractivity contribution in [3.63, 3.8) is 0 Å². The first kappa shape index (κ1) is 69.4. The van der Waals surface area contributed by atoms with Crippen LogP contribution in [0.15, 0.2) is 370 Å². The molecule has 0 fully saturated rings. The van der Waals surface area contributed by atoms with Crippen molar-refractivity contribution in [2.24, 2.45) is 0 Å². The molecule has 2 aliphatic rings. The summed E-state index contributed by atoms with van der Waals surface area (Å²) in [5, 5.41) is 2.51. The van der Waals surface area contributed by atoms with Crippen LogP contribution in [0.5, 0.6) is 0 Å². The molecule has 0 atom stereocenters. The summed E-state index contributed by atoms with van der Waals surface area (Å²) >= 11 is 0. The first-order valence-corrected chi connectivity index (χ1v) is 39.6. The molecule has 3 heterocycles. The molecule has 0 spiro atoms. The van der Waals surface area contributed by atoms with Crippen molar-refractivity contribution in [2.75, 3.05) is 9.80 Å². The number of para-hydroxylation sites is 2. The van der Waals surface area contributed by atoms with E-state index >= 15 is 0 Å². The van der Waals surface area contributed by atoms with Crippen LogP contribution in [0.1, 0.15) is 79.0 Å². The molecule has 0 unspecified atom stereocenters. The quantitative estimate of drug-likeness (QED) is 0.113. The van der Waals surface area contributed by atoms with Crippen LogP contribution in [-0.2, 0) is 16.2 Å². The molecule has 17 aromatic rings. The summed E-state index contributed by atoms with van der Waals surface area (Å²) in [5.41, 5.74) is 38.1. The monoisotopic (exact) mass is 1440 g/mol. The van der Waals surface area contributed by atoms with Crippen molar-refractivity contribution in [3.05, 3.63) is 387 Å². The van der Waals surface area contributed by atoms with Gasteiger partial charge in [0.05, 0.1) is 22.4 Å². The zero-order chi connectivity index (χ0) is 76.2. The fourth-order valence-electron chi connectivity index (χ4n) is 17.7. The predicted octanol–water partition coefficient (Wildman–Crippen LogP) is 27.8. The van der Waals surface area contributed by atoms with Crippen molar-refractivity contribution in [1.82, 2.24) is 4.57 Å². The number of benzene rings is 16. The first-order valence-electron chi connectivity index (χ1n) is 39.6. The van der Waals surface area contributed by atoms with Crippen molar-refractivity contribution in [3.8, 4) is 106 Å². The zero-order valence-electron chi connectivity index (χ0n) is 65.1. The van der Waals surface area contributed by atoms with Crippen LogP contribution in [0.2, 0.25) is 0 Å². The Morgan fingerprint density at radius 3 is 0.938 bits per heavy atom. The van der Waals surface area contributed by atoms with E-state index in [1.807, 2.05) is 0 Å². The molecule has 4 heteroatoms. The number of nitrogens with zero attached hydrogens (tertiary/aromatic N) is 3. The van der Waals surface area contributed by atoms with E-state index in [0.717, 1.165) is 107 Å². The van der Waals surface area contributed by atoms with E-state index < -0.39 is 0 Å². The van der Waals surface area contributed by atoms with E-state index in [9.17, 15) is 0 Å². The first-order chi connectivity index (χ1) is 54.5. The Kier molecular flexibility index (Phi) is 17.1. The number of fused-ring (bicyclic) bond motifs is 7. The minimum Gasteiger partial charge on any atom is -0.310 e. The molecule has 0 bridgehead atoms. The summed E-state index contributed by atoms with van der Waals surface area (Å²) in [6.45, 7) is 20.9. The lowest BCUT2D eigenvalue weighted by Crippen LogP contribution is -2.61. The van der Waals surface area contributed by atoms with Crippen LogP contribution in [0.3, 0.4) is 0 Å². The molecule has 1 aromatic heterocycles. The van der Waals surface area contributed by atoms with E-state index in [-0.39, 0.29) is 23.0 Å². The maximum absolute atomic E-state index is 2.72. The van der Waals surface area contributed by atoms with Crippen LogP contribution in [0, 0.1) is 0 Å². The Bertz CT molecular complexity index is 6190. The molecule has 0 saturated carbocycles.